The zero-order valence-electron chi connectivity index (χ0n) is 3.36. The van der Waals surface area contributed by atoms with Crippen molar-refractivity contribution in [2.24, 2.45) is 5.29 Å². The Hall–Kier alpha value is -0.680. The fraction of sp³-hybridized carbons (Fsp3) is 1.00. The van der Waals surface area contributed by atoms with E-state index < -0.39 is 0 Å². The summed E-state index contributed by atoms with van der Waals surface area (Å²) in [5.74, 6) is 0. The largest absolute Gasteiger partial charge is 0.242 e. The lowest BCUT2D eigenvalue weighted by Crippen LogP contribution is -2.36. The van der Waals surface area contributed by atoms with Crippen LogP contribution in [-0.4, -0.2) is 7.05 Å². The number of hydrazine groups is 2. The molecule has 6 heavy (non-hydrogen) atoms. The molecule has 0 fully saturated rings. The van der Waals surface area contributed by atoms with Crippen LogP contribution < -0.4 is 16.5 Å². The molecule has 0 unspecified atom stereocenters. The molecule has 0 amide bonds. The predicted octanol–water partition coefficient (Wildman–Crippen LogP) is -1.10. The molecule has 0 aromatic heterocycles. The van der Waals surface area contributed by atoms with Gasteiger partial charge in [0.15, 0.2) is 0 Å². The summed E-state index contributed by atoms with van der Waals surface area (Å²) in [6, 6.07) is 0. The third kappa shape index (κ3) is 3.32. The Morgan fingerprint density at radius 1 is 1.67 bits per heavy atom. The Morgan fingerprint density at radius 2 is 2.33 bits per heavy atom. The summed E-state index contributed by atoms with van der Waals surface area (Å²) in [4.78, 5) is 9.10. The summed E-state index contributed by atoms with van der Waals surface area (Å²) in [5, 5.41) is 2.25. The summed E-state index contributed by atoms with van der Waals surface area (Å²) in [6.45, 7) is 0. The van der Waals surface area contributed by atoms with Crippen molar-refractivity contribution in [3.8, 4) is 0 Å². The first kappa shape index (κ1) is 5.32. The molecule has 0 bridgehead atoms. The highest BCUT2D eigenvalue weighted by molar-refractivity contribution is 4.10. The van der Waals surface area contributed by atoms with Gasteiger partial charge < -0.3 is 0 Å². The van der Waals surface area contributed by atoms with Gasteiger partial charge in [0, 0.05) is 7.05 Å². The first-order chi connectivity index (χ1) is 2.91. The molecule has 5 nitrogen and oxygen atoms in total. The van der Waals surface area contributed by atoms with Crippen LogP contribution in [0.25, 0.3) is 0 Å². The highest BCUT2D eigenvalue weighted by atomic mass is 16.3. The number of hydrogen-bond donors (Lipinski definition) is 3. The molecule has 0 spiro atoms. The van der Waals surface area contributed by atoms with Gasteiger partial charge in [-0.1, -0.05) is 0 Å². The summed E-state index contributed by atoms with van der Waals surface area (Å²) in [5.41, 5.74) is 6.54. The predicted molar refractivity (Wildman–Crippen MR) is 21.1 cm³/mol. The smallest absolute Gasteiger partial charge is 0.0668 e. The van der Waals surface area contributed by atoms with E-state index in [-0.39, 0.29) is 0 Å². The van der Waals surface area contributed by atoms with E-state index in [9.17, 15) is 0 Å². The van der Waals surface area contributed by atoms with E-state index in [1.807, 2.05) is 5.53 Å². The van der Waals surface area contributed by atoms with Crippen LogP contribution in [0.4, 0.5) is 0 Å². The fourth-order valence-electron chi connectivity index (χ4n) is 0.0787. The summed E-state index contributed by atoms with van der Waals surface area (Å²) in [7, 11) is 1.61. The van der Waals surface area contributed by atoms with Gasteiger partial charge in [-0.2, -0.15) is 11.1 Å². The van der Waals surface area contributed by atoms with Crippen LogP contribution in [0, 0.1) is 4.91 Å². The monoisotopic (exact) mass is 90.1 g/mol. The minimum atomic E-state index is 1.61. The Labute approximate surface area is 35.0 Å². The Balaban J connectivity index is 2.49. The van der Waals surface area contributed by atoms with Crippen molar-refractivity contribution in [2.45, 2.75) is 0 Å². The standard InChI is InChI=1S/CH6N4O/c1-2-3-4-5-6/h1H3,(H,3,5)(H2,2,4,6). The molecule has 0 aliphatic carbocycles. The van der Waals surface area contributed by atoms with Gasteiger partial charge in [-0.25, -0.2) is 5.43 Å². The van der Waals surface area contributed by atoms with E-state index in [0.717, 1.165) is 0 Å². The minimum absolute atomic E-state index is 1.61. The van der Waals surface area contributed by atoms with Gasteiger partial charge in [0.05, 0.1) is 5.29 Å². The van der Waals surface area contributed by atoms with Gasteiger partial charge in [-0.15, -0.1) is 4.91 Å². The topological polar surface area (TPSA) is 65.5 Å². The molecular formula is CH6N4O. The maximum absolute atomic E-state index is 9.10. The first-order valence-electron chi connectivity index (χ1n) is 1.41. The molecule has 0 rings (SSSR count). The van der Waals surface area contributed by atoms with Crippen LogP contribution in [0.2, 0.25) is 0 Å². The number of rotatable bonds is 3. The first-order valence-corrected chi connectivity index (χ1v) is 1.41. The number of nitrogens with zero attached hydrogens (tertiary/aromatic N) is 1. The zero-order chi connectivity index (χ0) is 4.83. The molecule has 3 N–H and O–H groups in total. The molecule has 0 aromatic rings. The van der Waals surface area contributed by atoms with E-state index in [1.54, 1.807) is 7.05 Å². The molecule has 0 atom stereocenters. The van der Waals surface area contributed by atoms with Crippen LogP contribution in [0.5, 0.6) is 0 Å². The maximum Gasteiger partial charge on any atom is 0.0668 e. The van der Waals surface area contributed by atoms with Crippen LogP contribution >= 0.6 is 0 Å². The van der Waals surface area contributed by atoms with Crippen molar-refractivity contribution in [2.75, 3.05) is 7.05 Å². The van der Waals surface area contributed by atoms with Crippen molar-refractivity contribution in [1.29, 1.82) is 0 Å². The average molecular weight is 90.1 g/mol. The van der Waals surface area contributed by atoms with Crippen LogP contribution in [-0.2, 0) is 0 Å². The van der Waals surface area contributed by atoms with Gasteiger partial charge in [-0.3, -0.25) is 0 Å². The van der Waals surface area contributed by atoms with Crippen molar-refractivity contribution >= 4 is 0 Å². The third-order valence-corrected chi connectivity index (χ3v) is 0.227. The number of hydrogen-bond acceptors (Lipinski definition) is 4. The fourth-order valence-corrected chi connectivity index (χ4v) is 0.0787. The number of nitrogens with one attached hydrogen (secondary N) is 3. The Morgan fingerprint density at radius 3 is 2.50 bits per heavy atom. The van der Waals surface area contributed by atoms with Crippen molar-refractivity contribution < 1.29 is 0 Å². The highest BCUT2D eigenvalue weighted by Gasteiger charge is 1.62. The van der Waals surface area contributed by atoms with Gasteiger partial charge in [0.1, 0.15) is 0 Å². The van der Waals surface area contributed by atoms with Crippen LogP contribution in [0.15, 0.2) is 5.29 Å². The van der Waals surface area contributed by atoms with Gasteiger partial charge in [0.2, 0.25) is 0 Å². The molecule has 0 heterocycles. The van der Waals surface area contributed by atoms with Gasteiger partial charge >= 0.3 is 0 Å². The second-order valence-electron chi connectivity index (χ2n) is 0.578. The molecule has 36 valence electrons. The molecule has 0 aliphatic rings. The summed E-state index contributed by atoms with van der Waals surface area (Å²) in [6.07, 6.45) is 0. The lowest BCUT2D eigenvalue weighted by atomic mass is 11.5. The van der Waals surface area contributed by atoms with E-state index >= 15 is 0 Å². The van der Waals surface area contributed by atoms with E-state index in [0.29, 0.717) is 0 Å². The molecule has 0 saturated carbocycles. The Bertz CT molecular complexity index is 36.5. The molecular weight excluding hydrogens is 84.0 g/mol. The van der Waals surface area contributed by atoms with Gasteiger partial charge in [-0.05, 0) is 0 Å². The lowest BCUT2D eigenvalue weighted by Gasteiger charge is -1.91. The highest BCUT2D eigenvalue weighted by Crippen LogP contribution is 1.34. The van der Waals surface area contributed by atoms with Crippen LogP contribution in [0.1, 0.15) is 0 Å². The minimum Gasteiger partial charge on any atom is -0.242 e. The average Bonchev–Trinajstić information content (AvgIpc) is 1.61. The molecule has 0 aliphatic heterocycles. The lowest BCUT2D eigenvalue weighted by molar-refractivity contribution is 0.484. The van der Waals surface area contributed by atoms with E-state index in [4.69, 9.17) is 4.91 Å². The summed E-state index contributed by atoms with van der Waals surface area (Å²) >= 11 is 0. The maximum atomic E-state index is 9.10. The normalized spacial score (nSPS) is 7.50. The van der Waals surface area contributed by atoms with Gasteiger partial charge in [0.25, 0.3) is 0 Å². The van der Waals surface area contributed by atoms with E-state index in [2.05, 4.69) is 16.2 Å². The Kier molecular flexibility index (Phi) is 3.83. The summed E-state index contributed by atoms with van der Waals surface area (Å²) < 4.78 is 0. The van der Waals surface area contributed by atoms with Crippen molar-refractivity contribution in [3.05, 3.63) is 4.91 Å². The zero-order valence-corrected chi connectivity index (χ0v) is 3.36. The molecule has 0 aromatic carbocycles. The van der Waals surface area contributed by atoms with Crippen LogP contribution in [0.3, 0.4) is 0 Å². The molecule has 0 saturated heterocycles. The number of nitroso groups, excluding NO2 is 1. The van der Waals surface area contributed by atoms with Crippen molar-refractivity contribution in [1.82, 2.24) is 16.5 Å². The third-order valence-electron chi connectivity index (χ3n) is 0.227. The SMILES string of the molecule is CNNNN=O. The molecule has 0 radical (unpaired) electrons. The quantitative estimate of drug-likeness (QED) is 0.234. The van der Waals surface area contributed by atoms with E-state index in [1.165, 1.54) is 0 Å². The second kappa shape index (κ2) is 4.32. The van der Waals surface area contributed by atoms with Crippen molar-refractivity contribution in [3.63, 3.8) is 0 Å². The second-order valence-corrected chi connectivity index (χ2v) is 0.578. The molecule has 5 heteroatoms.